The highest BCUT2D eigenvalue weighted by Crippen LogP contribution is 2.24. The van der Waals surface area contributed by atoms with Crippen LogP contribution in [0.2, 0.25) is 0 Å². The Kier molecular flexibility index (Phi) is 4.92. The summed E-state index contributed by atoms with van der Waals surface area (Å²) in [5, 5.41) is 3.10. The van der Waals surface area contributed by atoms with Gasteiger partial charge in [-0.2, -0.15) is 0 Å². The number of aryl methyl sites for hydroxylation is 2. The molecule has 0 radical (unpaired) electrons. The first-order chi connectivity index (χ1) is 7.19. The van der Waals surface area contributed by atoms with Crippen molar-refractivity contribution < 1.29 is 4.74 Å². The Balaban J connectivity index is 2.75. The van der Waals surface area contributed by atoms with Gasteiger partial charge in [-0.25, -0.2) is 0 Å². The van der Waals surface area contributed by atoms with Crippen molar-refractivity contribution in [1.82, 2.24) is 5.32 Å². The molecule has 0 heterocycles. The Labute approximate surface area is 96.6 Å². The molecule has 84 valence electrons. The highest BCUT2D eigenvalue weighted by molar-refractivity contribution is 6.17. The van der Waals surface area contributed by atoms with E-state index < -0.39 is 0 Å². The van der Waals surface area contributed by atoms with Crippen LogP contribution in [-0.2, 0) is 6.42 Å². The first-order valence-electron chi connectivity index (χ1n) is 5.09. The van der Waals surface area contributed by atoms with Gasteiger partial charge in [0.1, 0.15) is 5.75 Å². The van der Waals surface area contributed by atoms with Crippen molar-refractivity contribution in [2.24, 2.45) is 0 Å². The van der Waals surface area contributed by atoms with E-state index in [0.717, 1.165) is 18.7 Å². The SMILES string of the molecule is COc1c(C)cc(CCNCCl)cc1C. The van der Waals surface area contributed by atoms with Gasteiger partial charge < -0.3 is 10.1 Å². The Morgan fingerprint density at radius 3 is 2.33 bits per heavy atom. The summed E-state index contributed by atoms with van der Waals surface area (Å²) < 4.78 is 5.32. The predicted molar refractivity (Wildman–Crippen MR) is 64.9 cm³/mol. The summed E-state index contributed by atoms with van der Waals surface area (Å²) in [6.45, 7) is 5.06. The number of hydrogen-bond acceptors (Lipinski definition) is 2. The standard InChI is InChI=1S/C12H18ClNO/c1-9-6-11(4-5-14-8-13)7-10(2)12(9)15-3/h6-7,14H,4-5,8H2,1-3H3. The van der Waals surface area contributed by atoms with Crippen LogP contribution in [0, 0.1) is 13.8 Å². The van der Waals surface area contributed by atoms with E-state index in [1.807, 2.05) is 0 Å². The molecule has 0 saturated carbocycles. The second-order valence-corrected chi connectivity index (χ2v) is 3.91. The molecule has 0 aliphatic carbocycles. The van der Waals surface area contributed by atoms with E-state index in [1.165, 1.54) is 16.7 Å². The molecule has 0 aliphatic heterocycles. The van der Waals surface area contributed by atoms with Crippen LogP contribution in [0.25, 0.3) is 0 Å². The van der Waals surface area contributed by atoms with Gasteiger partial charge in [0.2, 0.25) is 0 Å². The van der Waals surface area contributed by atoms with Crippen LogP contribution >= 0.6 is 11.6 Å². The summed E-state index contributed by atoms with van der Waals surface area (Å²) in [4.78, 5) is 0. The number of halogens is 1. The Morgan fingerprint density at radius 1 is 1.27 bits per heavy atom. The lowest BCUT2D eigenvalue weighted by molar-refractivity contribution is 0.408. The van der Waals surface area contributed by atoms with E-state index in [4.69, 9.17) is 16.3 Å². The monoisotopic (exact) mass is 227 g/mol. The summed E-state index contributed by atoms with van der Waals surface area (Å²) in [5.74, 6) is 0.990. The van der Waals surface area contributed by atoms with E-state index in [-0.39, 0.29) is 0 Å². The van der Waals surface area contributed by atoms with Crippen LogP contribution in [0.15, 0.2) is 12.1 Å². The molecule has 0 saturated heterocycles. The number of benzene rings is 1. The van der Waals surface area contributed by atoms with Crippen molar-refractivity contribution in [2.45, 2.75) is 20.3 Å². The fourth-order valence-electron chi connectivity index (χ4n) is 1.81. The smallest absolute Gasteiger partial charge is 0.124 e. The van der Waals surface area contributed by atoms with Gasteiger partial charge in [-0.1, -0.05) is 12.1 Å². The summed E-state index contributed by atoms with van der Waals surface area (Å²) >= 11 is 5.55. The van der Waals surface area contributed by atoms with E-state index in [1.54, 1.807) is 7.11 Å². The second-order valence-electron chi connectivity index (χ2n) is 3.65. The number of alkyl halides is 1. The molecule has 3 heteroatoms. The molecule has 0 spiro atoms. The molecular formula is C12H18ClNO. The fraction of sp³-hybridized carbons (Fsp3) is 0.500. The number of hydrogen-bond donors (Lipinski definition) is 1. The average molecular weight is 228 g/mol. The van der Waals surface area contributed by atoms with Gasteiger partial charge in [-0.05, 0) is 37.0 Å². The van der Waals surface area contributed by atoms with E-state index >= 15 is 0 Å². The quantitative estimate of drug-likeness (QED) is 0.475. The maximum atomic E-state index is 5.55. The molecule has 0 aromatic heterocycles. The van der Waals surface area contributed by atoms with E-state index in [2.05, 4.69) is 31.3 Å². The van der Waals surface area contributed by atoms with Gasteiger partial charge in [-0.3, -0.25) is 0 Å². The van der Waals surface area contributed by atoms with Gasteiger partial charge in [0, 0.05) is 6.54 Å². The molecule has 2 nitrogen and oxygen atoms in total. The van der Waals surface area contributed by atoms with Crippen LogP contribution in [0.5, 0.6) is 5.75 Å². The largest absolute Gasteiger partial charge is 0.496 e. The summed E-state index contributed by atoms with van der Waals surface area (Å²) in [7, 11) is 1.71. The summed E-state index contributed by atoms with van der Waals surface area (Å²) in [6.07, 6.45) is 0.998. The molecule has 1 aromatic rings. The third-order valence-corrected chi connectivity index (χ3v) is 2.60. The van der Waals surface area contributed by atoms with Crippen molar-refractivity contribution in [2.75, 3.05) is 19.7 Å². The third-order valence-electron chi connectivity index (χ3n) is 2.41. The van der Waals surface area contributed by atoms with Crippen molar-refractivity contribution in [3.05, 3.63) is 28.8 Å². The van der Waals surface area contributed by atoms with Crippen LogP contribution in [-0.4, -0.2) is 19.7 Å². The topological polar surface area (TPSA) is 21.3 Å². The van der Waals surface area contributed by atoms with Gasteiger partial charge in [-0.15, -0.1) is 11.6 Å². The second kappa shape index (κ2) is 5.99. The predicted octanol–water partition coefficient (Wildman–Crippen LogP) is 2.64. The Hall–Kier alpha value is -0.730. The zero-order chi connectivity index (χ0) is 11.3. The fourth-order valence-corrected chi connectivity index (χ4v) is 1.94. The molecule has 1 rings (SSSR count). The van der Waals surface area contributed by atoms with E-state index in [0.29, 0.717) is 6.00 Å². The first kappa shape index (κ1) is 12.3. The van der Waals surface area contributed by atoms with Gasteiger partial charge in [0.25, 0.3) is 0 Å². The Morgan fingerprint density at radius 2 is 1.87 bits per heavy atom. The molecule has 0 aliphatic rings. The third kappa shape index (κ3) is 3.40. The van der Waals surface area contributed by atoms with Crippen molar-refractivity contribution in [1.29, 1.82) is 0 Å². The first-order valence-corrected chi connectivity index (χ1v) is 5.63. The number of methoxy groups -OCH3 is 1. The molecule has 1 N–H and O–H groups in total. The number of rotatable bonds is 5. The molecular weight excluding hydrogens is 210 g/mol. The molecule has 0 fully saturated rings. The molecule has 1 aromatic carbocycles. The summed E-state index contributed by atoms with van der Waals surface area (Å²) in [6, 6.07) is 4.84. The number of nitrogens with one attached hydrogen (secondary N) is 1. The van der Waals surface area contributed by atoms with Crippen LogP contribution < -0.4 is 10.1 Å². The van der Waals surface area contributed by atoms with Crippen LogP contribution in [0.3, 0.4) is 0 Å². The molecule has 0 unspecified atom stereocenters. The van der Waals surface area contributed by atoms with E-state index in [9.17, 15) is 0 Å². The van der Waals surface area contributed by atoms with Gasteiger partial charge in [0.15, 0.2) is 0 Å². The lowest BCUT2D eigenvalue weighted by Gasteiger charge is -2.11. The van der Waals surface area contributed by atoms with Crippen LogP contribution in [0.4, 0.5) is 0 Å². The molecule has 15 heavy (non-hydrogen) atoms. The van der Waals surface area contributed by atoms with Crippen molar-refractivity contribution >= 4 is 11.6 Å². The zero-order valence-corrected chi connectivity index (χ0v) is 10.3. The Bertz CT molecular complexity index is 302. The highest BCUT2D eigenvalue weighted by atomic mass is 35.5. The average Bonchev–Trinajstić information content (AvgIpc) is 2.18. The molecule has 0 amide bonds. The normalized spacial score (nSPS) is 10.4. The minimum Gasteiger partial charge on any atom is -0.496 e. The van der Waals surface area contributed by atoms with Gasteiger partial charge in [0.05, 0.1) is 13.1 Å². The van der Waals surface area contributed by atoms with Crippen LogP contribution in [0.1, 0.15) is 16.7 Å². The molecule has 0 atom stereocenters. The minimum atomic E-state index is 0.508. The number of ether oxygens (including phenoxy) is 1. The van der Waals surface area contributed by atoms with Gasteiger partial charge >= 0.3 is 0 Å². The van der Waals surface area contributed by atoms with Crippen molar-refractivity contribution in [3.8, 4) is 5.75 Å². The summed E-state index contributed by atoms with van der Waals surface area (Å²) in [5.41, 5.74) is 3.71. The maximum Gasteiger partial charge on any atom is 0.124 e. The lowest BCUT2D eigenvalue weighted by Crippen LogP contribution is -2.14. The van der Waals surface area contributed by atoms with Crippen molar-refractivity contribution in [3.63, 3.8) is 0 Å². The maximum absolute atomic E-state index is 5.55. The zero-order valence-electron chi connectivity index (χ0n) is 9.56. The molecule has 0 bridgehead atoms. The minimum absolute atomic E-state index is 0.508. The lowest BCUT2D eigenvalue weighted by atomic mass is 10.0. The highest BCUT2D eigenvalue weighted by Gasteiger charge is 2.04.